The van der Waals surface area contributed by atoms with Crippen molar-refractivity contribution in [2.75, 3.05) is 34.4 Å². The minimum absolute atomic E-state index is 0. The summed E-state index contributed by atoms with van der Waals surface area (Å²) in [5, 5.41) is 3.12. The van der Waals surface area contributed by atoms with Crippen LogP contribution in [0.3, 0.4) is 0 Å². The SMILES string of the molecule is CNC1CCCN(S(=O)(=O)c2ccc(C(=O)OC)cc2OC)C1.Cl. The number of nitrogens with one attached hydrogen (secondary N) is 1. The number of ether oxygens (including phenoxy) is 2. The summed E-state index contributed by atoms with van der Waals surface area (Å²) in [5.41, 5.74) is 0.245. The molecule has 1 aromatic rings. The number of nitrogens with zero attached hydrogens (tertiary/aromatic N) is 1. The molecule has 24 heavy (non-hydrogen) atoms. The molecule has 1 aromatic carbocycles. The monoisotopic (exact) mass is 378 g/mol. The van der Waals surface area contributed by atoms with E-state index >= 15 is 0 Å². The summed E-state index contributed by atoms with van der Waals surface area (Å²) >= 11 is 0. The Morgan fingerprint density at radius 1 is 1.33 bits per heavy atom. The summed E-state index contributed by atoms with van der Waals surface area (Å²) in [7, 11) is 0.791. The average molecular weight is 379 g/mol. The third-order valence-corrected chi connectivity index (χ3v) is 5.90. The zero-order chi connectivity index (χ0) is 17.0. The largest absolute Gasteiger partial charge is 0.495 e. The number of likely N-dealkylation sites (N-methyl/N-ethyl adjacent to an activating group) is 1. The molecular formula is C15H23ClN2O5S. The van der Waals surface area contributed by atoms with E-state index in [1.54, 1.807) is 0 Å². The van der Waals surface area contributed by atoms with Gasteiger partial charge < -0.3 is 14.8 Å². The van der Waals surface area contributed by atoms with Crippen LogP contribution in [-0.4, -0.2) is 59.1 Å². The van der Waals surface area contributed by atoms with E-state index in [1.165, 1.54) is 36.7 Å². The maximum absolute atomic E-state index is 12.9. The molecule has 0 bridgehead atoms. The molecule has 1 N–H and O–H groups in total. The molecule has 2 rings (SSSR count). The van der Waals surface area contributed by atoms with Crippen molar-refractivity contribution >= 4 is 28.4 Å². The lowest BCUT2D eigenvalue weighted by atomic mass is 10.1. The van der Waals surface area contributed by atoms with E-state index in [2.05, 4.69) is 10.1 Å². The Kier molecular flexibility index (Phi) is 7.47. The lowest BCUT2D eigenvalue weighted by Crippen LogP contribution is -2.46. The molecule has 1 saturated heterocycles. The van der Waals surface area contributed by atoms with Crippen molar-refractivity contribution in [3.63, 3.8) is 0 Å². The third-order valence-electron chi connectivity index (χ3n) is 3.99. The van der Waals surface area contributed by atoms with E-state index in [-0.39, 0.29) is 34.7 Å². The molecule has 0 aromatic heterocycles. The van der Waals surface area contributed by atoms with Gasteiger partial charge in [0.2, 0.25) is 10.0 Å². The number of halogens is 1. The number of piperidine rings is 1. The van der Waals surface area contributed by atoms with Crippen molar-refractivity contribution in [1.29, 1.82) is 0 Å². The molecule has 0 saturated carbocycles. The lowest BCUT2D eigenvalue weighted by molar-refractivity contribution is 0.0600. The first-order chi connectivity index (χ1) is 10.9. The number of carbonyl (C=O) groups excluding carboxylic acids is 1. The Morgan fingerprint density at radius 3 is 2.62 bits per heavy atom. The maximum atomic E-state index is 12.9. The predicted octanol–water partition coefficient (Wildman–Crippen LogP) is 1.28. The van der Waals surface area contributed by atoms with Crippen LogP contribution in [0.4, 0.5) is 0 Å². The molecule has 1 aliphatic rings. The van der Waals surface area contributed by atoms with Crippen LogP contribution in [0.25, 0.3) is 0 Å². The average Bonchev–Trinajstić information content (AvgIpc) is 2.60. The van der Waals surface area contributed by atoms with Gasteiger partial charge in [0.25, 0.3) is 0 Å². The Labute approximate surface area is 148 Å². The molecule has 0 amide bonds. The Balaban J connectivity index is 0.00000288. The van der Waals surface area contributed by atoms with Gasteiger partial charge in [0.15, 0.2) is 0 Å². The van der Waals surface area contributed by atoms with Crippen molar-refractivity contribution in [2.24, 2.45) is 0 Å². The molecule has 0 aliphatic carbocycles. The molecule has 136 valence electrons. The molecule has 1 aliphatic heterocycles. The Morgan fingerprint density at radius 2 is 2.04 bits per heavy atom. The standard InChI is InChI=1S/C15H22N2O5S.ClH/c1-16-12-5-4-8-17(10-12)23(19,20)14-7-6-11(15(18)22-3)9-13(14)21-2;/h6-7,9,12,16H,4-5,8,10H2,1-3H3;1H. The number of esters is 1. The van der Waals surface area contributed by atoms with Crippen LogP contribution in [0, 0.1) is 0 Å². The first-order valence-corrected chi connectivity index (χ1v) is 8.81. The van der Waals surface area contributed by atoms with Gasteiger partial charge in [-0.15, -0.1) is 12.4 Å². The van der Waals surface area contributed by atoms with E-state index in [0.29, 0.717) is 13.1 Å². The van der Waals surface area contributed by atoms with Gasteiger partial charge in [0.05, 0.1) is 19.8 Å². The van der Waals surface area contributed by atoms with Crippen molar-refractivity contribution in [1.82, 2.24) is 9.62 Å². The summed E-state index contributed by atoms with van der Waals surface area (Å²) in [6.07, 6.45) is 1.74. The first-order valence-electron chi connectivity index (χ1n) is 7.37. The third kappa shape index (κ3) is 4.18. The highest BCUT2D eigenvalue weighted by Gasteiger charge is 2.32. The zero-order valence-corrected chi connectivity index (χ0v) is 15.6. The highest BCUT2D eigenvalue weighted by molar-refractivity contribution is 7.89. The van der Waals surface area contributed by atoms with Crippen molar-refractivity contribution in [3.8, 4) is 5.75 Å². The van der Waals surface area contributed by atoms with Crippen LogP contribution in [0.2, 0.25) is 0 Å². The number of sulfonamides is 1. The molecule has 1 atom stereocenters. The molecule has 1 unspecified atom stereocenters. The number of carbonyl (C=O) groups is 1. The van der Waals surface area contributed by atoms with Gasteiger partial charge in [-0.25, -0.2) is 13.2 Å². The van der Waals surface area contributed by atoms with E-state index < -0.39 is 16.0 Å². The first kappa shape index (κ1) is 20.7. The summed E-state index contributed by atoms with van der Waals surface area (Å²) in [4.78, 5) is 11.6. The molecule has 1 heterocycles. The quantitative estimate of drug-likeness (QED) is 0.777. The molecule has 0 radical (unpaired) electrons. The predicted molar refractivity (Wildman–Crippen MR) is 92.4 cm³/mol. The number of hydrogen-bond donors (Lipinski definition) is 1. The number of rotatable bonds is 5. The van der Waals surface area contributed by atoms with Crippen LogP contribution < -0.4 is 10.1 Å². The van der Waals surface area contributed by atoms with Crippen molar-refractivity contribution < 1.29 is 22.7 Å². The molecular weight excluding hydrogens is 356 g/mol. The summed E-state index contributed by atoms with van der Waals surface area (Å²) in [6.45, 7) is 0.892. The fourth-order valence-electron chi connectivity index (χ4n) is 2.66. The van der Waals surface area contributed by atoms with Gasteiger partial charge >= 0.3 is 5.97 Å². The minimum Gasteiger partial charge on any atom is -0.495 e. The maximum Gasteiger partial charge on any atom is 0.337 e. The topological polar surface area (TPSA) is 84.9 Å². The highest BCUT2D eigenvalue weighted by Crippen LogP contribution is 2.29. The van der Waals surface area contributed by atoms with Crippen LogP contribution in [0.15, 0.2) is 23.1 Å². The van der Waals surface area contributed by atoms with Gasteiger partial charge in [-0.1, -0.05) is 0 Å². The van der Waals surface area contributed by atoms with E-state index in [4.69, 9.17) is 4.74 Å². The Bertz CT molecular complexity index is 680. The zero-order valence-electron chi connectivity index (χ0n) is 13.9. The smallest absolute Gasteiger partial charge is 0.337 e. The van der Waals surface area contributed by atoms with Gasteiger partial charge in [-0.05, 0) is 38.1 Å². The Hall–Kier alpha value is -1.35. The van der Waals surface area contributed by atoms with Crippen LogP contribution in [0.1, 0.15) is 23.2 Å². The minimum atomic E-state index is -3.68. The molecule has 7 nitrogen and oxygen atoms in total. The summed E-state index contributed by atoms with van der Waals surface area (Å²) in [5.74, 6) is -0.403. The van der Waals surface area contributed by atoms with Gasteiger partial charge in [-0.3, -0.25) is 0 Å². The number of hydrogen-bond acceptors (Lipinski definition) is 6. The molecule has 1 fully saturated rings. The second-order valence-corrected chi connectivity index (χ2v) is 7.25. The molecule has 0 spiro atoms. The summed E-state index contributed by atoms with van der Waals surface area (Å²) in [6, 6.07) is 4.35. The number of benzene rings is 1. The fraction of sp³-hybridized carbons (Fsp3) is 0.533. The van der Waals surface area contributed by atoms with Crippen LogP contribution in [-0.2, 0) is 14.8 Å². The second kappa shape index (κ2) is 8.66. The van der Waals surface area contributed by atoms with E-state index in [9.17, 15) is 13.2 Å². The van der Waals surface area contributed by atoms with Gasteiger partial charge in [0.1, 0.15) is 10.6 Å². The van der Waals surface area contributed by atoms with E-state index in [1.807, 2.05) is 7.05 Å². The molecule has 9 heteroatoms. The van der Waals surface area contributed by atoms with Crippen LogP contribution in [0.5, 0.6) is 5.75 Å². The van der Waals surface area contributed by atoms with Crippen molar-refractivity contribution in [2.45, 2.75) is 23.8 Å². The fourth-order valence-corrected chi connectivity index (χ4v) is 4.32. The number of methoxy groups -OCH3 is 2. The van der Waals surface area contributed by atoms with E-state index in [0.717, 1.165) is 12.8 Å². The van der Waals surface area contributed by atoms with Gasteiger partial charge in [-0.2, -0.15) is 4.31 Å². The lowest BCUT2D eigenvalue weighted by Gasteiger charge is -2.32. The second-order valence-electron chi connectivity index (χ2n) is 5.35. The summed E-state index contributed by atoms with van der Waals surface area (Å²) < 4.78 is 37.0. The van der Waals surface area contributed by atoms with Gasteiger partial charge in [0, 0.05) is 19.1 Å². The highest BCUT2D eigenvalue weighted by atomic mass is 35.5. The van der Waals surface area contributed by atoms with Crippen LogP contribution >= 0.6 is 12.4 Å². The van der Waals surface area contributed by atoms with Crippen molar-refractivity contribution in [3.05, 3.63) is 23.8 Å². The normalized spacial score (nSPS) is 18.5.